The van der Waals surface area contributed by atoms with Gasteiger partial charge in [-0.3, -0.25) is 0 Å². The molecule has 1 aromatic rings. The third-order valence-corrected chi connectivity index (χ3v) is 4.17. The average Bonchev–Trinajstić information content (AvgIpc) is 2.55. The molecule has 1 unspecified atom stereocenters. The number of rotatable bonds is 7. The number of aromatic nitrogens is 1. The average molecular weight is 254 g/mol. The van der Waals surface area contributed by atoms with Gasteiger partial charge in [-0.2, -0.15) is 0 Å². The van der Waals surface area contributed by atoms with Crippen LogP contribution in [0.1, 0.15) is 49.2 Å². The van der Waals surface area contributed by atoms with E-state index < -0.39 is 0 Å². The molecule has 0 spiro atoms. The van der Waals surface area contributed by atoms with Crippen molar-refractivity contribution < 1.29 is 0 Å². The van der Waals surface area contributed by atoms with Crippen molar-refractivity contribution in [2.75, 3.05) is 6.54 Å². The van der Waals surface area contributed by atoms with Crippen molar-refractivity contribution in [1.29, 1.82) is 0 Å². The molecule has 17 heavy (non-hydrogen) atoms. The number of aryl methyl sites for hydroxylation is 2. The number of thiazole rings is 1. The van der Waals surface area contributed by atoms with Gasteiger partial charge >= 0.3 is 0 Å². The monoisotopic (exact) mass is 254 g/mol. The first-order valence-electron chi connectivity index (χ1n) is 6.69. The van der Waals surface area contributed by atoms with Gasteiger partial charge in [0.2, 0.25) is 0 Å². The van der Waals surface area contributed by atoms with E-state index in [9.17, 15) is 0 Å². The van der Waals surface area contributed by atoms with Crippen molar-refractivity contribution in [2.45, 2.75) is 59.9 Å². The SMILES string of the molecule is CCNC(CCC(C)C)Cc1nc(C)c(C)s1. The zero-order valence-corrected chi connectivity index (χ0v) is 12.7. The molecular weight excluding hydrogens is 228 g/mol. The highest BCUT2D eigenvalue weighted by molar-refractivity contribution is 7.11. The molecule has 0 aliphatic carbocycles. The quantitative estimate of drug-likeness (QED) is 0.802. The second kappa shape index (κ2) is 7.12. The summed E-state index contributed by atoms with van der Waals surface area (Å²) in [6.45, 7) is 12.1. The van der Waals surface area contributed by atoms with Gasteiger partial charge in [-0.1, -0.05) is 20.8 Å². The van der Waals surface area contributed by atoms with Gasteiger partial charge < -0.3 is 5.32 Å². The Morgan fingerprint density at radius 1 is 1.24 bits per heavy atom. The highest BCUT2D eigenvalue weighted by atomic mass is 32.1. The van der Waals surface area contributed by atoms with Crippen LogP contribution in [-0.2, 0) is 6.42 Å². The zero-order chi connectivity index (χ0) is 12.8. The summed E-state index contributed by atoms with van der Waals surface area (Å²) in [6.07, 6.45) is 3.63. The predicted octanol–water partition coefficient (Wildman–Crippen LogP) is 3.72. The predicted molar refractivity (Wildman–Crippen MR) is 76.8 cm³/mol. The fourth-order valence-corrected chi connectivity index (χ4v) is 2.95. The highest BCUT2D eigenvalue weighted by Gasteiger charge is 2.12. The van der Waals surface area contributed by atoms with E-state index in [-0.39, 0.29) is 0 Å². The van der Waals surface area contributed by atoms with Crippen molar-refractivity contribution in [3.8, 4) is 0 Å². The summed E-state index contributed by atoms with van der Waals surface area (Å²) in [6, 6.07) is 0.590. The summed E-state index contributed by atoms with van der Waals surface area (Å²) in [5.41, 5.74) is 1.20. The van der Waals surface area contributed by atoms with Gasteiger partial charge in [0.05, 0.1) is 10.7 Å². The molecule has 0 aliphatic rings. The van der Waals surface area contributed by atoms with E-state index in [2.05, 4.69) is 44.9 Å². The van der Waals surface area contributed by atoms with Gasteiger partial charge in [-0.15, -0.1) is 11.3 Å². The Morgan fingerprint density at radius 3 is 2.41 bits per heavy atom. The lowest BCUT2D eigenvalue weighted by Gasteiger charge is -2.17. The lowest BCUT2D eigenvalue weighted by Crippen LogP contribution is -2.31. The fourth-order valence-electron chi connectivity index (χ4n) is 1.94. The van der Waals surface area contributed by atoms with E-state index in [1.54, 1.807) is 0 Å². The van der Waals surface area contributed by atoms with Crippen molar-refractivity contribution in [3.63, 3.8) is 0 Å². The molecule has 1 N–H and O–H groups in total. The molecule has 0 bridgehead atoms. The van der Waals surface area contributed by atoms with E-state index in [0.717, 1.165) is 18.9 Å². The first-order chi connectivity index (χ1) is 8.02. The molecule has 3 heteroatoms. The Balaban J connectivity index is 2.53. The van der Waals surface area contributed by atoms with Crippen molar-refractivity contribution in [3.05, 3.63) is 15.6 Å². The second-order valence-electron chi connectivity index (χ2n) is 5.18. The van der Waals surface area contributed by atoms with Gasteiger partial charge in [-0.25, -0.2) is 4.98 Å². The maximum absolute atomic E-state index is 4.64. The molecule has 0 saturated carbocycles. The molecule has 1 rings (SSSR count). The van der Waals surface area contributed by atoms with Crippen LogP contribution in [0.3, 0.4) is 0 Å². The third-order valence-electron chi connectivity index (χ3n) is 3.08. The molecule has 0 saturated heterocycles. The van der Waals surface area contributed by atoms with Crippen LogP contribution >= 0.6 is 11.3 Å². The van der Waals surface area contributed by atoms with E-state index in [1.165, 1.54) is 28.4 Å². The topological polar surface area (TPSA) is 24.9 Å². The van der Waals surface area contributed by atoms with E-state index in [1.807, 2.05) is 11.3 Å². The Kier molecular flexibility index (Phi) is 6.14. The third kappa shape index (κ3) is 5.17. The van der Waals surface area contributed by atoms with Crippen molar-refractivity contribution in [1.82, 2.24) is 10.3 Å². The summed E-state index contributed by atoms with van der Waals surface area (Å²) in [5.74, 6) is 0.788. The molecular formula is C14H26N2S. The first-order valence-corrected chi connectivity index (χ1v) is 7.50. The maximum atomic E-state index is 4.64. The smallest absolute Gasteiger partial charge is 0.0946 e. The van der Waals surface area contributed by atoms with Crippen LogP contribution in [0.5, 0.6) is 0 Å². The molecule has 0 fully saturated rings. The Morgan fingerprint density at radius 2 is 1.94 bits per heavy atom. The first kappa shape index (κ1) is 14.7. The van der Waals surface area contributed by atoms with Crippen molar-refractivity contribution in [2.24, 2.45) is 5.92 Å². The van der Waals surface area contributed by atoms with Gasteiger partial charge in [0.25, 0.3) is 0 Å². The van der Waals surface area contributed by atoms with E-state index in [0.29, 0.717) is 6.04 Å². The second-order valence-corrected chi connectivity index (χ2v) is 6.47. The summed E-state index contributed by atoms with van der Waals surface area (Å²) in [7, 11) is 0. The molecule has 2 nitrogen and oxygen atoms in total. The van der Waals surface area contributed by atoms with Gasteiger partial charge in [0, 0.05) is 17.3 Å². The number of nitrogens with one attached hydrogen (secondary N) is 1. The highest BCUT2D eigenvalue weighted by Crippen LogP contribution is 2.19. The Bertz CT molecular complexity index is 311. The minimum Gasteiger partial charge on any atom is -0.314 e. The van der Waals surface area contributed by atoms with Gasteiger partial charge in [-0.05, 0) is 39.2 Å². The number of hydrogen-bond donors (Lipinski definition) is 1. The molecule has 1 aromatic heterocycles. The summed E-state index contributed by atoms with van der Waals surface area (Å²) >= 11 is 1.85. The molecule has 98 valence electrons. The van der Waals surface area contributed by atoms with Crippen LogP contribution in [0.25, 0.3) is 0 Å². The molecule has 0 radical (unpaired) electrons. The van der Waals surface area contributed by atoms with Crippen LogP contribution in [-0.4, -0.2) is 17.6 Å². The Hall–Kier alpha value is -0.410. The van der Waals surface area contributed by atoms with Crippen LogP contribution in [0.2, 0.25) is 0 Å². The molecule has 0 aromatic carbocycles. The molecule has 0 amide bonds. The number of likely N-dealkylation sites (N-methyl/N-ethyl adjacent to an activating group) is 1. The van der Waals surface area contributed by atoms with Crippen LogP contribution < -0.4 is 5.32 Å². The van der Waals surface area contributed by atoms with Crippen LogP contribution in [0.15, 0.2) is 0 Å². The van der Waals surface area contributed by atoms with E-state index >= 15 is 0 Å². The summed E-state index contributed by atoms with van der Waals surface area (Å²) < 4.78 is 0. The minimum atomic E-state index is 0.590. The van der Waals surface area contributed by atoms with Gasteiger partial charge in [0.1, 0.15) is 0 Å². The summed E-state index contributed by atoms with van der Waals surface area (Å²) in [4.78, 5) is 6.00. The number of nitrogens with zero attached hydrogens (tertiary/aromatic N) is 1. The lowest BCUT2D eigenvalue weighted by molar-refractivity contribution is 0.434. The Labute approximate surface area is 110 Å². The fraction of sp³-hybridized carbons (Fsp3) is 0.786. The van der Waals surface area contributed by atoms with Crippen molar-refractivity contribution >= 4 is 11.3 Å². The van der Waals surface area contributed by atoms with Crippen LogP contribution in [0.4, 0.5) is 0 Å². The standard InChI is InChI=1S/C14H26N2S/c1-6-15-13(8-7-10(2)3)9-14-16-11(4)12(5)17-14/h10,13,15H,6-9H2,1-5H3. The van der Waals surface area contributed by atoms with Crippen LogP contribution in [0, 0.1) is 19.8 Å². The summed E-state index contributed by atoms with van der Waals surface area (Å²) in [5, 5.41) is 4.87. The molecule has 1 atom stereocenters. The minimum absolute atomic E-state index is 0.590. The normalized spacial score (nSPS) is 13.3. The maximum Gasteiger partial charge on any atom is 0.0946 e. The molecule has 1 heterocycles. The number of hydrogen-bond acceptors (Lipinski definition) is 3. The largest absolute Gasteiger partial charge is 0.314 e. The lowest BCUT2D eigenvalue weighted by atomic mass is 10.0. The molecule has 0 aliphatic heterocycles. The van der Waals surface area contributed by atoms with Gasteiger partial charge in [0.15, 0.2) is 0 Å². The zero-order valence-electron chi connectivity index (χ0n) is 11.8. The van der Waals surface area contributed by atoms with E-state index in [4.69, 9.17) is 0 Å².